The van der Waals surface area contributed by atoms with Gasteiger partial charge in [-0.1, -0.05) is 133 Å². The molecule has 0 aliphatic heterocycles. The SMILES string of the molecule is c1cc(-c2nc(-c3ccc4c(c3)oc3ccc5sc6cc7ccccc7cc6c5c34)nc(-c3cccc4ccccc34)n2)cc(-c2cccc3ccccc23)c1. The summed E-state index contributed by atoms with van der Waals surface area (Å²) in [5.74, 6) is 1.83. The van der Waals surface area contributed by atoms with Gasteiger partial charge < -0.3 is 4.42 Å². The monoisotopic (exact) mass is 731 g/mol. The fraction of sp³-hybridized carbons (Fsp3) is 0. The van der Waals surface area contributed by atoms with E-state index >= 15 is 0 Å². The van der Waals surface area contributed by atoms with Gasteiger partial charge in [-0.3, -0.25) is 0 Å². The van der Waals surface area contributed by atoms with E-state index in [1.165, 1.54) is 47.3 Å². The summed E-state index contributed by atoms with van der Waals surface area (Å²) in [4.78, 5) is 15.5. The summed E-state index contributed by atoms with van der Waals surface area (Å²) < 4.78 is 9.18. The van der Waals surface area contributed by atoms with Crippen molar-refractivity contribution in [2.45, 2.75) is 0 Å². The highest BCUT2D eigenvalue weighted by Gasteiger charge is 2.19. The molecule has 0 fully saturated rings. The standard InChI is InChI=1S/C51H29N3OS/c1-2-13-33-29-46-42(27-32(33)12-1)48-45(56-46)25-24-43-47(48)41-23-22-36(28-44(41)55-43)50-52-49(53-51(54-50)40-21-9-15-31-11-4-6-19-38(31)40)35-17-7-16-34(26-35)39-20-8-14-30-10-3-5-18-37(30)39/h1-29H. The Labute approximate surface area is 325 Å². The average molecular weight is 732 g/mol. The fourth-order valence-corrected chi connectivity index (χ4v) is 9.58. The maximum absolute atomic E-state index is 6.65. The zero-order chi connectivity index (χ0) is 36.7. The molecule has 3 heterocycles. The average Bonchev–Trinajstić information content (AvgIpc) is 3.82. The van der Waals surface area contributed by atoms with Crippen molar-refractivity contribution in [1.82, 2.24) is 15.0 Å². The lowest BCUT2D eigenvalue weighted by Crippen LogP contribution is -2.00. The van der Waals surface area contributed by atoms with Crippen LogP contribution < -0.4 is 0 Å². The predicted octanol–water partition coefficient (Wildman–Crippen LogP) is 14.3. The molecule has 0 radical (unpaired) electrons. The predicted molar refractivity (Wildman–Crippen MR) is 234 cm³/mol. The van der Waals surface area contributed by atoms with Crippen LogP contribution in [-0.2, 0) is 0 Å². The fourth-order valence-electron chi connectivity index (χ4n) is 8.44. The maximum Gasteiger partial charge on any atom is 0.164 e. The first-order valence-electron chi connectivity index (χ1n) is 18.8. The van der Waals surface area contributed by atoms with E-state index in [1.807, 2.05) is 11.3 Å². The number of aromatic nitrogens is 3. The highest BCUT2D eigenvalue weighted by atomic mass is 32.1. The lowest BCUT2D eigenvalue weighted by Gasteiger charge is -2.12. The largest absolute Gasteiger partial charge is 0.456 e. The molecule has 0 bridgehead atoms. The van der Waals surface area contributed by atoms with Crippen molar-refractivity contribution in [3.63, 3.8) is 0 Å². The molecule has 0 saturated heterocycles. The number of nitrogens with zero attached hydrogens (tertiary/aromatic N) is 3. The molecule has 0 saturated carbocycles. The van der Waals surface area contributed by atoms with Crippen molar-refractivity contribution in [3.05, 3.63) is 176 Å². The molecular weight excluding hydrogens is 703 g/mol. The normalized spacial score (nSPS) is 11.9. The number of hydrogen-bond donors (Lipinski definition) is 0. The van der Waals surface area contributed by atoms with Gasteiger partial charge in [-0.25, -0.2) is 15.0 Å². The van der Waals surface area contributed by atoms with Crippen molar-refractivity contribution >= 4 is 85.8 Å². The summed E-state index contributed by atoms with van der Waals surface area (Å²) in [6.07, 6.45) is 0. The summed E-state index contributed by atoms with van der Waals surface area (Å²) in [6.45, 7) is 0. The Hall–Kier alpha value is -7.21. The first-order valence-corrected chi connectivity index (χ1v) is 19.6. The number of thiophene rings is 1. The molecule has 4 nitrogen and oxygen atoms in total. The van der Waals surface area contributed by atoms with E-state index in [0.29, 0.717) is 17.5 Å². The number of hydrogen-bond acceptors (Lipinski definition) is 5. The zero-order valence-electron chi connectivity index (χ0n) is 29.9. The van der Waals surface area contributed by atoms with Crippen LogP contribution in [0, 0.1) is 0 Å². The highest BCUT2D eigenvalue weighted by molar-refractivity contribution is 7.26. The van der Waals surface area contributed by atoms with Crippen LogP contribution in [0.2, 0.25) is 0 Å². The summed E-state index contributed by atoms with van der Waals surface area (Å²) >= 11 is 1.83. The summed E-state index contributed by atoms with van der Waals surface area (Å²) in [7, 11) is 0. The number of fused-ring (bicyclic) bond motifs is 10. The van der Waals surface area contributed by atoms with Gasteiger partial charge in [0.05, 0.1) is 0 Å². The highest BCUT2D eigenvalue weighted by Crippen LogP contribution is 2.44. The van der Waals surface area contributed by atoms with E-state index in [1.54, 1.807) is 0 Å². The molecule has 0 amide bonds. The molecule has 0 unspecified atom stereocenters. The number of furan rings is 1. The second-order valence-electron chi connectivity index (χ2n) is 14.4. The van der Waals surface area contributed by atoms with Crippen LogP contribution >= 0.6 is 11.3 Å². The van der Waals surface area contributed by atoms with E-state index in [9.17, 15) is 0 Å². The van der Waals surface area contributed by atoms with E-state index in [2.05, 4.69) is 176 Å². The van der Waals surface area contributed by atoms with Crippen LogP contribution in [-0.4, -0.2) is 15.0 Å². The van der Waals surface area contributed by atoms with Gasteiger partial charge >= 0.3 is 0 Å². The maximum atomic E-state index is 6.65. The molecule has 0 atom stereocenters. The van der Waals surface area contributed by atoms with Gasteiger partial charge in [0.25, 0.3) is 0 Å². The minimum atomic E-state index is 0.591. The molecule has 12 aromatic rings. The Bertz CT molecular complexity index is 3550. The van der Waals surface area contributed by atoms with Gasteiger partial charge in [-0.05, 0) is 85.9 Å². The molecule has 3 aromatic heterocycles. The summed E-state index contributed by atoms with van der Waals surface area (Å²) in [5, 5.41) is 11.9. The number of rotatable bonds is 4. The van der Waals surface area contributed by atoms with Crippen molar-refractivity contribution in [2.24, 2.45) is 0 Å². The van der Waals surface area contributed by atoms with Crippen molar-refractivity contribution < 1.29 is 4.42 Å². The topological polar surface area (TPSA) is 51.8 Å². The van der Waals surface area contributed by atoms with Gasteiger partial charge in [0.1, 0.15) is 11.2 Å². The zero-order valence-corrected chi connectivity index (χ0v) is 30.7. The Morgan fingerprint density at radius 1 is 0.339 bits per heavy atom. The Morgan fingerprint density at radius 3 is 1.73 bits per heavy atom. The molecule has 12 rings (SSSR count). The molecule has 260 valence electrons. The summed E-state index contributed by atoms with van der Waals surface area (Å²) in [6, 6.07) is 62.1. The second kappa shape index (κ2) is 12.2. The van der Waals surface area contributed by atoms with E-state index < -0.39 is 0 Å². The minimum Gasteiger partial charge on any atom is -0.456 e. The molecule has 0 aliphatic carbocycles. The minimum absolute atomic E-state index is 0.591. The summed E-state index contributed by atoms with van der Waals surface area (Å²) in [5.41, 5.74) is 6.70. The van der Waals surface area contributed by atoms with E-state index in [4.69, 9.17) is 19.4 Å². The quantitative estimate of drug-likeness (QED) is 0.181. The molecule has 0 aliphatic rings. The van der Waals surface area contributed by atoms with Gasteiger partial charge in [-0.2, -0.15) is 0 Å². The van der Waals surface area contributed by atoms with Gasteiger partial charge in [0.2, 0.25) is 0 Å². The van der Waals surface area contributed by atoms with Crippen molar-refractivity contribution in [2.75, 3.05) is 0 Å². The van der Waals surface area contributed by atoms with Crippen molar-refractivity contribution in [1.29, 1.82) is 0 Å². The third kappa shape index (κ3) is 4.88. The van der Waals surface area contributed by atoms with E-state index in [-0.39, 0.29) is 0 Å². The third-order valence-corrected chi connectivity index (χ3v) is 12.2. The van der Waals surface area contributed by atoms with Gasteiger partial charge in [0, 0.05) is 47.6 Å². The Kier molecular flexibility index (Phi) is 6.76. The Balaban J connectivity index is 1.06. The lowest BCUT2D eigenvalue weighted by atomic mass is 9.97. The Morgan fingerprint density at radius 2 is 0.946 bits per heavy atom. The van der Waals surface area contributed by atoms with Crippen LogP contribution in [0.4, 0.5) is 0 Å². The first kappa shape index (κ1) is 31.2. The first-order chi connectivity index (χ1) is 27.7. The molecule has 9 aromatic carbocycles. The third-order valence-electron chi connectivity index (χ3n) is 11.1. The molecule has 5 heteroatoms. The molecule has 0 N–H and O–H groups in total. The second-order valence-corrected chi connectivity index (χ2v) is 15.4. The van der Waals surface area contributed by atoms with Crippen LogP contribution in [0.25, 0.3) is 120 Å². The van der Waals surface area contributed by atoms with E-state index in [0.717, 1.165) is 55.0 Å². The number of benzene rings is 9. The van der Waals surface area contributed by atoms with Crippen LogP contribution in [0.1, 0.15) is 0 Å². The smallest absolute Gasteiger partial charge is 0.164 e. The van der Waals surface area contributed by atoms with Gasteiger partial charge in [-0.15, -0.1) is 11.3 Å². The molecule has 0 spiro atoms. The molecule has 56 heavy (non-hydrogen) atoms. The molecular formula is C51H29N3OS. The van der Waals surface area contributed by atoms with Gasteiger partial charge in [0.15, 0.2) is 17.5 Å². The van der Waals surface area contributed by atoms with Crippen LogP contribution in [0.15, 0.2) is 180 Å². The van der Waals surface area contributed by atoms with Crippen molar-refractivity contribution in [3.8, 4) is 45.3 Å². The van der Waals surface area contributed by atoms with Crippen LogP contribution in [0.5, 0.6) is 0 Å². The lowest BCUT2D eigenvalue weighted by molar-refractivity contribution is 0.669. The van der Waals surface area contributed by atoms with Crippen LogP contribution in [0.3, 0.4) is 0 Å².